The number of benzene rings is 1. The van der Waals surface area contributed by atoms with Crippen molar-refractivity contribution in [2.45, 2.75) is 25.8 Å². The van der Waals surface area contributed by atoms with Crippen LogP contribution in [-0.4, -0.2) is 29.6 Å². The maximum absolute atomic E-state index is 12.2. The van der Waals surface area contributed by atoms with Crippen molar-refractivity contribution >= 4 is 23.4 Å². The van der Waals surface area contributed by atoms with E-state index in [9.17, 15) is 4.79 Å². The highest BCUT2D eigenvalue weighted by atomic mass is 32.2. The maximum Gasteiger partial charge on any atom is 0.332 e. The molecule has 0 spiro atoms. The smallest absolute Gasteiger partial charge is 0.332 e. The minimum atomic E-state index is -0.549. The summed E-state index contributed by atoms with van der Waals surface area (Å²) in [6.45, 7) is 4.32. The number of carbonyl (C=O) groups is 1. The summed E-state index contributed by atoms with van der Waals surface area (Å²) in [5, 5.41) is 3.41. The third-order valence-corrected chi connectivity index (χ3v) is 4.40. The molecule has 3 nitrogen and oxygen atoms in total. The fourth-order valence-electron chi connectivity index (χ4n) is 2.12. The number of rotatable bonds is 4. The molecule has 1 fully saturated rings. The Hall–Kier alpha value is -1.16. The van der Waals surface area contributed by atoms with E-state index in [0.717, 1.165) is 29.2 Å². The van der Waals surface area contributed by atoms with E-state index in [1.807, 2.05) is 38.1 Å². The molecule has 2 rings (SSSR count). The first-order valence-corrected chi connectivity index (χ1v) is 7.42. The van der Waals surface area contributed by atoms with Crippen molar-refractivity contribution in [3.63, 3.8) is 0 Å². The molecule has 1 saturated heterocycles. The summed E-state index contributed by atoms with van der Waals surface area (Å²) < 4.78 is 5.23. The molecule has 1 atom stereocenters. The molecule has 0 saturated carbocycles. The van der Waals surface area contributed by atoms with Gasteiger partial charge in [-0.25, -0.2) is 4.79 Å². The van der Waals surface area contributed by atoms with Gasteiger partial charge in [-0.1, -0.05) is 18.2 Å². The van der Waals surface area contributed by atoms with Crippen molar-refractivity contribution < 1.29 is 9.53 Å². The van der Waals surface area contributed by atoms with Gasteiger partial charge in [-0.15, -0.1) is 0 Å². The van der Waals surface area contributed by atoms with Gasteiger partial charge >= 0.3 is 5.97 Å². The summed E-state index contributed by atoms with van der Waals surface area (Å²) in [6.07, 6.45) is 0.824. The number of para-hydroxylation sites is 1. The molecule has 4 heteroatoms. The molecular formula is C14H19NO2S. The topological polar surface area (TPSA) is 38.3 Å². The Morgan fingerprint density at radius 1 is 1.50 bits per heavy atom. The van der Waals surface area contributed by atoms with E-state index in [1.165, 1.54) is 0 Å². The first kappa shape index (κ1) is 13.3. The number of carbonyl (C=O) groups excluding carboxylic acids is 1. The molecule has 1 aliphatic rings. The molecule has 98 valence electrons. The Morgan fingerprint density at radius 2 is 2.28 bits per heavy atom. The summed E-state index contributed by atoms with van der Waals surface area (Å²) in [5.74, 6) is 1.65. The van der Waals surface area contributed by atoms with Crippen LogP contribution in [-0.2, 0) is 9.53 Å². The lowest BCUT2D eigenvalue weighted by molar-refractivity contribution is -0.147. The van der Waals surface area contributed by atoms with Gasteiger partial charge in [0.15, 0.2) is 0 Å². The normalized spacial score (nSPS) is 22.8. The van der Waals surface area contributed by atoms with Gasteiger partial charge in [0.05, 0.1) is 6.61 Å². The van der Waals surface area contributed by atoms with Crippen LogP contribution < -0.4 is 5.32 Å². The summed E-state index contributed by atoms with van der Waals surface area (Å²) in [4.78, 5) is 12.2. The third kappa shape index (κ3) is 2.64. The average Bonchev–Trinajstić information content (AvgIpc) is 2.82. The van der Waals surface area contributed by atoms with E-state index in [2.05, 4.69) is 5.32 Å². The van der Waals surface area contributed by atoms with Crippen molar-refractivity contribution in [3.8, 4) is 0 Å². The SMILES string of the molecule is CCOC(=O)C1(Nc2ccccc2C)CCSC1. The summed E-state index contributed by atoms with van der Waals surface area (Å²) >= 11 is 1.80. The third-order valence-electron chi connectivity index (χ3n) is 3.21. The molecule has 0 amide bonds. The van der Waals surface area contributed by atoms with Crippen molar-refractivity contribution in [1.29, 1.82) is 0 Å². The van der Waals surface area contributed by atoms with Crippen LogP contribution in [0.3, 0.4) is 0 Å². The van der Waals surface area contributed by atoms with E-state index >= 15 is 0 Å². The largest absolute Gasteiger partial charge is 0.464 e. The second-order valence-electron chi connectivity index (χ2n) is 4.55. The fraction of sp³-hybridized carbons (Fsp3) is 0.500. The second-order valence-corrected chi connectivity index (χ2v) is 5.65. The first-order valence-electron chi connectivity index (χ1n) is 6.27. The zero-order chi connectivity index (χ0) is 13.0. The number of thioether (sulfide) groups is 1. The maximum atomic E-state index is 12.2. The van der Waals surface area contributed by atoms with Gasteiger partial charge in [0.25, 0.3) is 0 Å². The van der Waals surface area contributed by atoms with Crippen LogP contribution in [0.15, 0.2) is 24.3 Å². The first-order chi connectivity index (χ1) is 8.68. The molecule has 1 aromatic carbocycles. The number of nitrogens with one attached hydrogen (secondary N) is 1. The highest BCUT2D eigenvalue weighted by Gasteiger charge is 2.43. The van der Waals surface area contributed by atoms with Crippen molar-refractivity contribution in [2.24, 2.45) is 0 Å². The molecule has 0 radical (unpaired) electrons. The fourth-order valence-corrected chi connectivity index (χ4v) is 3.44. The molecular weight excluding hydrogens is 246 g/mol. The van der Waals surface area contributed by atoms with Crippen LogP contribution in [0.25, 0.3) is 0 Å². The van der Waals surface area contributed by atoms with Gasteiger partial charge in [-0.2, -0.15) is 11.8 Å². The van der Waals surface area contributed by atoms with Crippen LogP contribution in [0.1, 0.15) is 18.9 Å². The molecule has 1 N–H and O–H groups in total. The zero-order valence-electron chi connectivity index (χ0n) is 10.9. The molecule has 1 aromatic rings. The number of esters is 1. The van der Waals surface area contributed by atoms with Crippen LogP contribution in [0, 0.1) is 6.92 Å². The highest BCUT2D eigenvalue weighted by molar-refractivity contribution is 7.99. The quantitative estimate of drug-likeness (QED) is 0.850. The lowest BCUT2D eigenvalue weighted by atomic mass is 9.98. The van der Waals surface area contributed by atoms with E-state index in [1.54, 1.807) is 11.8 Å². The number of aryl methyl sites for hydroxylation is 1. The van der Waals surface area contributed by atoms with Crippen LogP contribution in [0.4, 0.5) is 5.69 Å². The van der Waals surface area contributed by atoms with Gasteiger partial charge in [0, 0.05) is 11.4 Å². The highest BCUT2D eigenvalue weighted by Crippen LogP contribution is 2.33. The summed E-state index contributed by atoms with van der Waals surface area (Å²) in [5.41, 5.74) is 1.62. The standard InChI is InChI=1S/C14H19NO2S/c1-3-17-13(16)14(8-9-18-10-14)15-12-7-5-4-6-11(12)2/h4-7,15H,3,8-10H2,1-2H3. The van der Waals surface area contributed by atoms with E-state index in [0.29, 0.717) is 6.61 Å². The van der Waals surface area contributed by atoms with Gasteiger partial charge in [0.1, 0.15) is 5.54 Å². The number of ether oxygens (including phenoxy) is 1. The van der Waals surface area contributed by atoms with Crippen molar-refractivity contribution in [3.05, 3.63) is 29.8 Å². The van der Waals surface area contributed by atoms with Gasteiger partial charge in [-0.05, 0) is 37.7 Å². The lowest BCUT2D eigenvalue weighted by Crippen LogP contribution is -2.47. The minimum Gasteiger partial charge on any atom is -0.464 e. The van der Waals surface area contributed by atoms with Crippen molar-refractivity contribution in [1.82, 2.24) is 0 Å². The molecule has 0 aliphatic carbocycles. The van der Waals surface area contributed by atoms with Crippen LogP contribution in [0.2, 0.25) is 0 Å². The van der Waals surface area contributed by atoms with Crippen LogP contribution >= 0.6 is 11.8 Å². The summed E-state index contributed by atoms with van der Waals surface area (Å²) in [7, 11) is 0. The number of hydrogen-bond donors (Lipinski definition) is 1. The van der Waals surface area contributed by atoms with Gasteiger partial charge in [-0.3, -0.25) is 0 Å². The lowest BCUT2D eigenvalue weighted by Gasteiger charge is -2.29. The molecule has 1 heterocycles. The van der Waals surface area contributed by atoms with Crippen molar-refractivity contribution in [2.75, 3.05) is 23.4 Å². The molecule has 1 unspecified atom stereocenters. The van der Waals surface area contributed by atoms with E-state index in [4.69, 9.17) is 4.74 Å². The number of anilines is 1. The molecule has 1 aliphatic heterocycles. The van der Waals surface area contributed by atoms with Crippen LogP contribution in [0.5, 0.6) is 0 Å². The Balaban J connectivity index is 2.21. The molecule has 0 aromatic heterocycles. The Kier molecular flexibility index (Phi) is 4.17. The van der Waals surface area contributed by atoms with Gasteiger partial charge < -0.3 is 10.1 Å². The second kappa shape index (κ2) is 5.65. The average molecular weight is 265 g/mol. The Labute approximate surface area is 112 Å². The predicted octanol–water partition coefficient (Wildman–Crippen LogP) is 2.85. The zero-order valence-corrected chi connectivity index (χ0v) is 11.7. The molecule has 18 heavy (non-hydrogen) atoms. The Bertz CT molecular complexity index is 428. The van der Waals surface area contributed by atoms with E-state index in [-0.39, 0.29) is 5.97 Å². The summed E-state index contributed by atoms with van der Waals surface area (Å²) in [6, 6.07) is 8.04. The monoisotopic (exact) mass is 265 g/mol. The van der Waals surface area contributed by atoms with E-state index < -0.39 is 5.54 Å². The van der Waals surface area contributed by atoms with Gasteiger partial charge in [0.2, 0.25) is 0 Å². The minimum absolute atomic E-state index is 0.127. The predicted molar refractivity (Wildman–Crippen MR) is 76.1 cm³/mol. The Morgan fingerprint density at radius 3 is 2.89 bits per heavy atom. The number of hydrogen-bond acceptors (Lipinski definition) is 4. The molecule has 0 bridgehead atoms.